The Morgan fingerprint density at radius 3 is 2.86 bits per heavy atom. The quantitative estimate of drug-likeness (QED) is 0.433. The summed E-state index contributed by atoms with van der Waals surface area (Å²) in [5, 5.41) is 43.1. The van der Waals surface area contributed by atoms with E-state index < -0.39 is 30.6 Å². The van der Waals surface area contributed by atoms with E-state index in [0.29, 0.717) is 11.0 Å². The van der Waals surface area contributed by atoms with Crippen LogP contribution in [0.3, 0.4) is 0 Å². The minimum Gasteiger partial charge on any atom is -0.394 e. The molecule has 10 heteroatoms. The lowest BCUT2D eigenvalue weighted by atomic mass is 9.97. The Bertz CT molecular complexity index is 659. The van der Waals surface area contributed by atoms with Crippen molar-refractivity contribution >= 4 is 16.9 Å². The summed E-state index contributed by atoms with van der Waals surface area (Å²) in [6.07, 6.45) is -0.636. The van der Waals surface area contributed by atoms with Crippen LogP contribution < -0.4 is 5.48 Å². The van der Waals surface area contributed by atoms with Gasteiger partial charge in [-0.1, -0.05) is 0 Å². The van der Waals surface area contributed by atoms with Crippen LogP contribution in [-0.4, -0.2) is 64.7 Å². The predicted molar refractivity (Wildman–Crippen MR) is 68.4 cm³/mol. The third-order valence-electron chi connectivity index (χ3n) is 3.65. The molecule has 1 aliphatic heterocycles. The molecule has 3 rings (SSSR count). The van der Waals surface area contributed by atoms with Crippen LogP contribution in [-0.2, 0) is 4.74 Å². The van der Waals surface area contributed by atoms with Gasteiger partial charge in [0.2, 0.25) is 0 Å². The van der Waals surface area contributed by atoms with Crippen LogP contribution in [0.2, 0.25) is 0 Å². The summed E-state index contributed by atoms with van der Waals surface area (Å²) in [5.74, 6) is 0.156. The summed E-state index contributed by atoms with van der Waals surface area (Å²) < 4.78 is 6.75. The molecule has 114 valence electrons. The van der Waals surface area contributed by atoms with Gasteiger partial charge in [-0.05, 0) is 6.92 Å². The van der Waals surface area contributed by atoms with Crippen LogP contribution >= 0.6 is 0 Å². The molecule has 3 unspecified atom stereocenters. The molecule has 0 saturated carbocycles. The summed E-state index contributed by atoms with van der Waals surface area (Å²) >= 11 is 0. The van der Waals surface area contributed by atoms with E-state index in [1.54, 1.807) is 0 Å². The lowest BCUT2D eigenvalue weighted by molar-refractivity contribution is -0.100. The first-order valence-electron chi connectivity index (χ1n) is 6.25. The summed E-state index contributed by atoms with van der Waals surface area (Å²) in [7, 11) is 0. The number of nitrogens with one attached hydrogen (secondary N) is 1. The van der Waals surface area contributed by atoms with Crippen LogP contribution in [0.15, 0.2) is 12.5 Å². The fourth-order valence-corrected chi connectivity index (χ4v) is 2.47. The van der Waals surface area contributed by atoms with Crippen molar-refractivity contribution in [3.05, 3.63) is 12.5 Å². The summed E-state index contributed by atoms with van der Waals surface area (Å²) in [6.45, 7) is 0.948. The molecule has 10 nitrogen and oxygen atoms in total. The fourth-order valence-electron chi connectivity index (χ4n) is 2.47. The molecule has 0 amide bonds. The van der Waals surface area contributed by atoms with Crippen molar-refractivity contribution in [1.29, 1.82) is 0 Å². The van der Waals surface area contributed by atoms with Gasteiger partial charge in [0.15, 0.2) is 17.7 Å². The highest BCUT2D eigenvalue weighted by Crippen LogP contribution is 2.39. The molecule has 21 heavy (non-hydrogen) atoms. The van der Waals surface area contributed by atoms with Gasteiger partial charge in [-0.3, -0.25) is 10.7 Å². The van der Waals surface area contributed by atoms with E-state index in [1.165, 1.54) is 24.1 Å². The van der Waals surface area contributed by atoms with E-state index in [4.69, 9.17) is 9.94 Å². The predicted octanol–water partition coefficient (Wildman–Crippen LogP) is -1.37. The van der Waals surface area contributed by atoms with E-state index in [0.717, 1.165) is 0 Å². The second kappa shape index (κ2) is 4.86. The van der Waals surface area contributed by atoms with Crippen LogP contribution in [0.4, 0.5) is 5.82 Å². The molecule has 3 heterocycles. The fraction of sp³-hybridized carbons (Fsp3) is 0.545. The maximum atomic E-state index is 10.4. The molecule has 0 radical (unpaired) electrons. The standard InChI is InChI=1S/C11H15N5O5/c1-11(19)7(18)6(3-17)21-10(11)16-9-5(2-14-16)8(15-20)12-4-13-9/h2,4,6-7,10,17-20H,3H2,1H3,(H,12,13,15)/t6?,7?,10?,11-/m1/s1. The Hall–Kier alpha value is -1.85. The summed E-state index contributed by atoms with van der Waals surface area (Å²) in [6, 6.07) is 0. The lowest BCUT2D eigenvalue weighted by Gasteiger charge is -2.26. The van der Waals surface area contributed by atoms with Gasteiger partial charge in [-0.2, -0.15) is 5.10 Å². The zero-order chi connectivity index (χ0) is 15.2. The number of aliphatic hydroxyl groups is 3. The van der Waals surface area contributed by atoms with Crippen molar-refractivity contribution in [2.75, 3.05) is 12.1 Å². The zero-order valence-electron chi connectivity index (χ0n) is 11.1. The van der Waals surface area contributed by atoms with Crippen molar-refractivity contribution in [3.63, 3.8) is 0 Å². The molecule has 1 aliphatic rings. The minimum absolute atomic E-state index is 0.156. The average Bonchev–Trinajstić information content (AvgIpc) is 2.99. The van der Waals surface area contributed by atoms with Crippen molar-refractivity contribution in [1.82, 2.24) is 19.7 Å². The molecule has 2 aromatic rings. The molecule has 4 atom stereocenters. The number of aromatic nitrogens is 4. The van der Waals surface area contributed by atoms with Gasteiger partial charge in [0, 0.05) is 0 Å². The molecule has 0 spiro atoms. The number of hydrogen-bond acceptors (Lipinski definition) is 9. The van der Waals surface area contributed by atoms with Crippen LogP contribution in [0.1, 0.15) is 13.2 Å². The third kappa shape index (κ3) is 1.96. The molecule has 1 saturated heterocycles. The number of nitrogens with zero attached hydrogens (tertiary/aromatic N) is 4. The smallest absolute Gasteiger partial charge is 0.183 e. The lowest BCUT2D eigenvalue weighted by Crippen LogP contribution is -2.44. The molecule has 0 aromatic carbocycles. The maximum absolute atomic E-state index is 10.4. The van der Waals surface area contributed by atoms with Gasteiger partial charge in [0.25, 0.3) is 0 Å². The van der Waals surface area contributed by atoms with Crippen molar-refractivity contribution in [2.45, 2.75) is 31.0 Å². The van der Waals surface area contributed by atoms with Gasteiger partial charge in [0.1, 0.15) is 24.1 Å². The van der Waals surface area contributed by atoms with E-state index in [-0.39, 0.29) is 5.82 Å². The number of hydrogen-bond donors (Lipinski definition) is 5. The highest BCUT2D eigenvalue weighted by molar-refractivity contribution is 5.85. The minimum atomic E-state index is -1.66. The largest absolute Gasteiger partial charge is 0.394 e. The molecule has 0 aliphatic carbocycles. The second-order valence-electron chi connectivity index (χ2n) is 5.04. The molecule has 2 aromatic heterocycles. The first-order valence-corrected chi connectivity index (χ1v) is 6.25. The van der Waals surface area contributed by atoms with Crippen molar-refractivity contribution < 1.29 is 25.3 Å². The van der Waals surface area contributed by atoms with E-state index in [2.05, 4.69) is 15.1 Å². The number of aliphatic hydroxyl groups excluding tert-OH is 2. The summed E-state index contributed by atoms with van der Waals surface area (Å²) in [5.41, 5.74) is 0.567. The Kier molecular flexibility index (Phi) is 3.26. The van der Waals surface area contributed by atoms with Gasteiger partial charge in [-0.15, -0.1) is 0 Å². The summed E-state index contributed by atoms with van der Waals surface area (Å²) in [4.78, 5) is 7.87. The van der Waals surface area contributed by atoms with Crippen molar-refractivity contribution in [2.24, 2.45) is 0 Å². The van der Waals surface area contributed by atoms with Crippen LogP contribution in [0.25, 0.3) is 11.0 Å². The average molecular weight is 297 g/mol. The second-order valence-corrected chi connectivity index (χ2v) is 5.04. The Morgan fingerprint density at radius 2 is 2.24 bits per heavy atom. The zero-order valence-corrected chi connectivity index (χ0v) is 11.1. The number of ether oxygens (including phenoxy) is 1. The molecular weight excluding hydrogens is 282 g/mol. The number of fused-ring (bicyclic) bond motifs is 1. The molecular formula is C11H15N5O5. The molecule has 0 bridgehead atoms. The Balaban J connectivity index is 2.09. The number of anilines is 1. The van der Waals surface area contributed by atoms with E-state index in [9.17, 15) is 15.3 Å². The van der Waals surface area contributed by atoms with Gasteiger partial charge >= 0.3 is 0 Å². The molecule has 5 N–H and O–H groups in total. The van der Waals surface area contributed by atoms with Gasteiger partial charge < -0.3 is 20.1 Å². The third-order valence-corrected chi connectivity index (χ3v) is 3.65. The highest BCUT2D eigenvalue weighted by atomic mass is 16.6. The first kappa shape index (κ1) is 14.1. The van der Waals surface area contributed by atoms with Gasteiger partial charge in [-0.25, -0.2) is 14.6 Å². The van der Waals surface area contributed by atoms with Crippen LogP contribution in [0.5, 0.6) is 0 Å². The van der Waals surface area contributed by atoms with Crippen LogP contribution in [0, 0.1) is 0 Å². The monoisotopic (exact) mass is 297 g/mol. The number of rotatable bonds is 3. The topological polar surface area (TPSA) is 146 Å². The Labute approximate surface area is 118 Å². The van der Waals surface area contributed by atoms with E-state index >= 15 is 0 Å². The SMILES string of the molecule is C[C@@]1(O)C(O)C(CO)OC1n1ncc2c(NO)ncnc21. The van der Waals surface area contributed by atoms with E-state index in [1.807, 2.05) is 5.48 Å². The highest BCUT2D eigenvalue weighted by Gasteiger charge is 2.53. The van der Waals surface area contributed by atoms with Crippen molar-refractivity contribution in [3.8, 4) is 0 Å². The normalized spacial score (nSPS) is 32.7. The Morgan fingerprint density at radius 1 is 1.48 bits per heavy atom. The maximum Gasteiger partial charge on any atom is 0.183 e. The van der Waals surface area contributed by atoms with Gasteiger partial charge in [0.05, 0.1) is 18.2 Å². The molecule has 1 fully saturated rings. The first-order chi connectivity index (χ1) is 10.0.